The summed E-state index contributed by atoms with van der Waals surface area (Å²) in [7, 11) is 0. The molecule has 1 aromatic carbocycles. The number of rotatable bonds is 3. The molecule has 106 valence electrons. The average Bonchev–Trinajstić information content (AvgIpc) is 2.96. The van der Waals surface area contributed by atoms with Gasteiger partial charge >= 0.3 is 5.97 Å². The molecule has 0 aliphatic heterocycles. The number of carbonyl (C=O) groups is 2. The highest BCUT2D eigenvalue weighted by atomic mass is 16.4. The van der Waals surface area contributed by atoms with Gasteiger partial charge in [-0.2, -0.15) is 10.5 Å². The van der Waals surface area contributed by atoms with Crippen molar-refractivity contribution in [3.8, 4) is 12.1 Å². The summed E-state index contributed by atoms with van der Waals surface area (Å²) in [6.07, 6.45) is 1.76. The van der Waals surface area contributed by atoms with Crippen LogP contribution in [0.5, 0.6) is 0 Å². The van der Waals surface area contributed by atoms with Gasteiger partial charge in [-0.15, -0.1) is 0 Å². The molecule has 2 rings (SSSR count). The maximum absolute atomic E-state index is 12.2. The molecule has 1 aliphatic carbocycles. The van der Waals surface area contributed by atoms with E-state index < -0.39 is 17.8 Å². The van der Waals surface area contributed by atoms with Crippen LogP contribution in [0.15, 0.2) is 18.2 Å². The third kappa shape index (κ3) is 3.01. The Kier molecular flexibility index (Phi) is 4.20. The van der Waals surface area contributed by atoms with Crippen molar-refractivity contribution in [1.82, 2.24) is 0 Å². The van der Waals surface area contributed by atoms with Gasteiger partial charge in [0.15, 0.2) is 0 Å². The predicted octanol–water partition coefficient (Wildman–Crippen LogP) is 1.87. The lowest BCUT2D eigenvalue weighted by molar-refractivity contribution is -0.145. The van der Waals surface area contributed by atoms with E-state index in [2.05, 4.69) is 5.32 Å². The fraction of sp³-hybridized carbons (Fsp3) is 0.333. The molecular weight excluding hydrogens is 270 g/mol. The molecule has 0 saturated heterocycles. The largest absolute Gasteiger partial charge is 0.481 e. The molecule has 0 aromatic heterocycles. The number of anilines is 1. The van der Waals surface area contributed by atoms with E-state index in [-0.39, 0.29) is 17.0 Å². The lowest BCUT2D eigenvalue weighted by atomic mass is 9.95. The zero-order valence-electron chi connectivity index (χ0n) is 11.2. The molecule has 0 spiro atoms. The molecule has 0 heterocycles. The quantitative estimate of drug-likeness (QED) is 0.878. The Morgan fingerprint density at radius 1 is 1.14 bits per heavy atom. The Labute approximate surface area is 121 Å². The van der Waals surface area contributed by atoms with Gasteiger partial charge in [-0.3, -0.25) is 9.59 Å². The third-order valence-corrected chi connectivity index (χ3v) is 3.70. The highest BCUT2D eigenvalue weighted by molar-refractivity contribution is 5.95. The van der Waals surface area contributed by atoms with Crippen LogP contribution in [0.1, 0.15) is 30.4 Å². The first-order valence-electron chi connectivity index (χ1n) is 6.54. The van der Waals surface area contributed by atoms with Crippen LogP contribution >= 0.6 is 0 Å². The summed E-state index contributed by atoms with van der Waals surface area (Å²) < 4.78 is 0. The Morgan fingerprint density at radius 3 is 2.43 bits per heavy atom. The molecule has 21 heavy (non-hydrogen) atoms. The van der Waals surface area contributed by atoms with Crippen molar-refractivity contribution < 1.29 is 14.7 Å². The number of nitrogens with one attached hydrogen (secondary N) is 1. The highest BCUT2D eigenvalue weighted by Crippen LogP contribution is 2.33. The van der Waals surface area contributed by atoms with Gasteiger partial charge in [-0.05, 0) is 31.0 Å². The van der Waals surface area contributed by atoms with Crippen molar-refractivity contribution in [1.29, 1.82) is 10.5 Å². The standard InChI is InChI=1S/C15H13N3O3/c16-7-9-4-5-11(6-10(9)8-17)18-14(19)12-2-1-3-13(12)15(20)21/h4-6,12-13H,1-3H2,(H,18,19)(H,20,21)/t12-,13+/m1/s1. The van der Waals surface area contributed by atoms with E-state index in [1.165, 1.54) is 18.2 Å². The van der Waals surface area contributed by atoms with Crippen molar-refractivity contribution in [2.45, 2.75) is 19.3 Å². The van der Waals surface area contributed by atoms with E-state index in [4.69, 9.17) is 15.6 Å². The molecule has 0 radical (unpaired) electrons. The van der Waals surface area contributed by atoms with Gasteiger partial charge in [0, 0.05) is 5.69 Å². The molecule has 0 bridgehead atoms. The molecule has 0 unspecified atom stereocenters. The normalized spacial score (nSPS) is 20.3. The van der Waals surface area contributed by atoms with Crippen molar-refractivity contribution in [3.63, 3.8) is 0 Å². The van der Waals surface area contributed by atoms with E-state index >= 15 is 0 Å². The summed E-state index contributed by atoms with van der Waals surface area (Å²) in [6, 6.07) is 8.18. The smallest absolute Gasteiger partial charge is 0.307 e. The highest BCUT2D eigenvalue weighted by Gasteiger charge is 2.37. The number of amides is 1. The van der Waals surface area contributed by atoms with E-state index in [1.54, 1.807) is 0 Å². The fourth-order valence-corrected chi connectivity index (χ4v) is 2.62. The molecule has 1 amide bonds. The molecule has 1 saturated carbocycles. The van der Waals surface area contributed by atoms with Crippen LogP contribution in [-0.4, -0.2) is 17.0 Å². The first kappa shape index (κ1) is 14.5. The first-order valence-corrected chi connectivity index (χ1v) is 6.54. The van der Waals surface area contributed by atoms with Gasteiger partial charge in [0.25, 0.3) is 0 Å². The van der Waals surface area contributed by atoms with Gasteiger partial charge in [-0.25, -0.2) is 0 Å². The van der Waals surface area contributed by atoms with E-state index in [1.807, 2.05) is 12.1 Å². The summed E-state index contributed by atoms with van der Waals surface area (Å²) in [5.74, 6) is -2.51. The number of hydrogen-bond donors (Lipinski definition) is 2. The number of benzene rings is 1. The Hall–Kier alpha value is -2.86. The SMILES string of the molecule is N#Cc1ccc(NC(=O)[C@@H]2CCC[C@@H]2C(=O)O)cc1C#N. The average molecular weight is 283 g/mol. The van der Waals surface area contributed by atoms with Crippen LogP contribution in [0, 0.1) is 34.5 Å². The van der Waals surface area contributed by atoms with Crippen LogP contribution in [0.3, 0.4) is 0 Å². The number of nitrogens with zero attached hydrogens (tertiary/aromatic N) is 2. The zero-order valence-corrected chi connectivity index (χ0v) is 11.2. The van der Waals surface area contributed by atoms with Crippen LogP contribution < -0.4 is 5.32 Å². The second kappa shape index (κ2) is 6.06. The Balaban J connectivity index is 2.15. The monoisotopic (exact) mass is 283 g/mol. The summed E-state index contributed by atoms with van der Waals surface area (Å²) >= 11 is 0. The Morgan fingerprint density at radius 2 is 1.81 bits per heavy atom. The second-order valence-electron chi connectivity index (χ2n) is 4.96. The molecule has 6 nitrogen and oxygen atoms in total. The molecule has 1 aliphatic rings. The molecule has 2 atom stereocenters. The summed E-state index contributed by atoms with van der Waals surface area (Å²) in [5.41, 5.74) is 0.808. The topological polar surface area (TPSA) is 114 Å². The second-order valence-corrected chi connectivity index (χ2v) is 4.96. The molecular formula is C15H13N3O3. The number of aliphatic carboxylic acids is 1. The molecule has 1 aromatic rings. The van der Waals surface area contributed by atoms with Crippen LogP contribution in [0.4, 0.5) is 5.69 Å². The van der Waals surface area contributed by atoms with Crippen LogP contribution in [0.2, 0.25) is 0 Å². The van der Waals surface area contributed by atoms with Crippen molar-refractivity contribution in [3.05, 3.63) is 29.3 Å². The fourth-order valence-electron chi connectivity index (χ4n) is 2.62. The molecule has 1 fully saturated rings. The lowest BCUT2D eigenvalue weighted by Crippen LogP contribution is -2.30. The van der Waals surface area contributed by atoms with Crippen molar-refractivity contribution >= 4 is 17.6 Å². The summed E-state index contributed by atoms with van der Waals surface area (Å²) in [4.78, 5) is 23.3. The van der Waals surface area contributed by atoms with Gasteiger partial charge < -0.3 is 10.4 Å². The third-order valence-electron chi connectivity index (χ3n) is 3.70. The zero-order chi connectivity index (χ0) is 15.4. The maximum Gasteiger partial charge on any atom is 0.307 e. The number of carboxylic acids is 1. The predicted molar refractivity (Wildman–Crippen MR) is 73.0 cm³/mol. The van der Waals surface area contributed by atoms with Gasteiger partial charge in [0.05, 0.1) is 23.0 Å². The first-order chi connectivity index (χ1) is 10.1. The van der Waals surface area contributed by atoms with Gasteiger partial charge in [0.2, 0.25) is 5.91 Å². The molecule has 6 heteroatoms. The van der Waals surface area contributed by atoms with E-state index in [9.17, 15) is 9.59 Å². The number of carboxylic acid groups (broad SMARTS) is 1. The maximum atomic E-state index is 12.2. The Bertz CT molecular complexity index is 670. The van der Waals surface area contributed by atoms with E-state index in [0.29, 0.717) is 24.9 Å². The lowest BCUT2D eigenvalue weighted by Gasteiger charge is -2.15. The minimum Gasteiger partial charge on any atom is -0.481 e. The summed E-state index contributed by atoms with van der Waals surface area (Å²) in [5, 5.41) is 29.5. The number of nitriles is 2. The van der Waals surface area contributed by atoms with Gasteiger partial charge in [0.1, 0.15) is 12.1 Å². The summed E-state index contributed by atoms with van der Waals surface area (Å²) in [6.45, 7) is 0. The minimum atomic E-state index is -0.954. The van der Waals surface area contributed by atoms with Crippen LogP contribution in [0.25, 0.3) is 0 Å². The number of hydrogen-bond acceptors (Lipinski definition) is 4. The van der Waals surface area contributed by atoms with E-state index in [0.717, 1.165) is 0 Å². The minimum absolute atomic E-state index is 0.177. The van der Waals surface area contributed by atoms with Crippen molar-refractivity contribution in [2.24, 2.45) is 11.8 Å². The van der Waals surface area contributed by atoms with Crippen molar-refractivity contribution in [2.75, 3.05) is 5.32 Å². The van der Waals surface area contributed by atoms with Gasteiger partial charge in [-0.1, -0.05) is 6.42 Å². The van der Waals surface area contributed by atoms with Crippen LogP contribution in [-0.2, 0) is 9.59 Å². The number of carbonyl (C=O) groups excluding carboxylic acids is 1. The molecule has 2 N–H and O–H groups in total.